The first-order chi connectivity index (χ1) is 8.13. The summed E-state index contributed by atoms with van der Waals surface area (Å²) in [5, 5.41) is 4.03. The summed E-state index contributed by atoms with van der Waals surface area (Å²) in [6, 6.07) is -0.190. The molecule has 0 aliphatic heterocycles. The lowest BCUT2D eigenvalue weighted by molar-refractivity contribution is -0.0583. The first-order valence-corrected chi connectivity index (χ1v) is 6.37. The van der Waals surface area contributed by atoms with Gasteiger partial charge < -0.3 is 15.0 Å². The van der Waals surface area contributed by atoms with Crippen LogP contribution in [0.2, 0.25) is 0 Å². The van der Waals surface area contributed by atoms with E-state index in [0.717, 1.165) is 19.3 Å². The summed E-state index contributed by atoms with van der Waals surface area (Å²) in [5.74, 6) is 1.11. The Morgan fingerprint density at radius 2 is 1.94 bits per heavy atom. The van der Waals surface area contributed by atoms with Crippen LogP contribution in [0.3, 0.4) is 0 Å². The highest BCUT2D eigenvalue weighted by atomic mass is 16.5. The zero-order valence-corrected chi connectivity index (χ0v) is 11.2. The predicted molar refractivity (Wildman–Crippen MR) is 65.4 cm³/mol. The Hall–Kier alpha value is -0.940. The predicted octanol–water partition coefficient (Wildman–Crippen LogP) is 2.53. The van der Waals surface area contributed by atoms with E-state index in [1.807, 2.05) is 13.8 Å². The highest BCUT2D eigenvalue weighted by Crippen LogP contribution is 2.31. The van der Waals surface area contributed by atoms with Gasteiger partial charge in [-0.05, 0) is 26.2 Å². The Bertz CT molecular complexity index is 334. The molecule has 98 valence electrons. The molecular formula is C12H23N3O2. The summed E-state index contributed by atoms with van der Waals surface area (Å²) < 4.78 is 11.0. The van der Waals surface area contributed by atoms with E-state index in [9.17, 15) is 0 Å². The second-order valence-electron chi connectivity index (χ2n) is 4.11. The minimum atomic E-state index is -0.441. The average Bonchev–Trinajstić information content (AvgIpc) is 2.85. The van der Waals surface area contributed by atoms with Crippen LogP contribution in [0.4, 0.5) is 0 Å². The minimum absolute atomic E-state index is 0.190. The van der Waals surface area contributed by atoms with Gasteiger partial charge in [-0.25, -0.2) is 0 Å². The molecule has 0 unspecified atom stereocenters. The minimum Gasteiger partial charge on any atom is -0.367 e. The zero-order chi connectivity index (χ0) is 12.9. The third kappa shape index (κ3) is 2.84. The molecule has 0 saturated carbocycles. The van der Waals surface area contributed by atoms with E-state index in [2.05, 4.69) is 24.0 Å². The molecular weight excluding hydrogens is 218 g/mol. The summed E-state index contributed by atoms with van der Waals surface area (Å²) in [6.45, 7) is 8.72. The van der Waals surface area contributed by atoms with Crippen LogP contribution in [0.25, 0.3) is 0 Å². The maximum absolute atomic E-state index is 5.87. The van der Waals surface area contributed by atoms with Gasteiger partial charge in [0, 0.05) is 6.61 Å². The topological polar surface area (TPSA) is 74.2 Å². The lowest BCUT2D eigenvalue weighted by Crippen LogP contribution is -2.30. The van der Waals surface area contributed by atoms with Gasteiger partial charge in [0.05, 0.1) is 6.04 Å². The van der Waals surface area contributed by atoms with Crippen LogP contribution in [0.1, 0.15) is 64.7 Å². The molecule has 1 atom stereocenters. The zero-order valence-electron chi connectivity index (χ0n) is 11.2. The van der Waals surface area contributed by atoms with Crippen LogP contribution in [-0.2, 0) is 10.3 Å². The molecule has 1 aromatic rings. The van der Waals surface area contributed by atoms with Crippen LogP contribution in [0.15, 0.2) is 4.52 Å². The van der Waals surface area contributed by atoms with Crippen molar-refractivity contribution in [2.75, 3.05) is 6.61 Å². The monoisotopic (exact) mass is 241 g/mol. The molecule has 17 heavy (non-hydrogen) atoms. The first kappa shape index (κ1) is 14.1. The van der Waals surface area contributed by atoms with Gasteiger partial charge in [0.2, 0.25) is 11.7 Å². The normalized spacial score (nSPS) is 13.9. The van der Waals surface area contributed by atoms with Gasteiger partial charge in [-0.3, -0.25) is 0 Å². The van der Waals surface area contributed by atoms with Crippen molar-refractivity contribution in [1.82, 2.24) is 10.1 Å². The van der Waals surface area contributed by atoms with E-state index in [0.29, 0.717) is 18.3 Å². The summed E-state index contributed by atoms with van der Waals surface area (Å²) in [4.78, 5) is 4.39. The van der Waals surface area contributed by atoms with Crippen LogP contribution in [-0.4, -0.2) is 16.7 Å². The van der Waals surface area contributed by atoms with E-state index in [4.69, 9.17) is 15.0 Å². The summed E-state index contributed by atoms with van der Waals surface area (Å²) in [5.41, 5.74) is 5.43. The van der Waals surface area contributed by atoms with E-state index >= 15 is 0 Å². The van der Waals surface area contributed by atoms with Gasteiger partial charge in [0.1, 0.15) is 5.60 Å². The van der Waals surface area contributed by atoms with Crippen molar-refractivity contribution in [2.24, 2.45) is 5.73 Å². The van der Waals surface area contributed by atoms with Crippen molar-refractivity contribution in [3.63, 3.8) is 0 Å². The van der Waals surface area contributed by atoms with Gasteiger partial charge in [0.15, 0.2) is 0 Å². The standard InChI is InChI=1S/C12H23N3O2/c1-5-9(13)10-14-11(15-17-10)12(6-2,7-3)16-8-4/h9H,5-8,13H2,1-4H3/t9-/m0/s1. The molecule has 5 nitrogen and oxygen atoms in total. The molecule has 0 aromatic carbocycles. The largest absolute Gasteiger partial charge is 0.367 e. The summed E-state index contributed by atoms with van der Waals surface area (Å²) in [7, 11) is 0. The van der Waals surface area contributed by atoms with Crippen molar-refractivity contribution in [3.8, 4) is 0 Å². The Balaban J connectivity index is 2.99. The van der Waals surface area contributed by atoms with Crippen LogP contribution in [0.5, 0.6) is 0 Å². The molecule has 0 fully saturated rings. The van der Waals surface area contributed by atoms with Crippen LogP contribution < -0.4 is 5.73 Å². The fraction of sp³-hybridized carbons (Fsp3) is 0.833. The third-order valence-corrected chi connectivity index (χ3v) is 3.17. The molecule has 0 saturated heterocycles. The summed E-state index contributed by atoms with van der Waals surface area (Å²) >= 11 is 0. The van der Waals surface area contributed by atoms with Crippen LogP contribution >= 0.6 is 0 Å². The number of nitrogens with two attached hydrogens (primary N) is 1. The fourth-order valence-electron chi connectivity index (χ4n) is 1.86. The third-order valence-electron chi connectivity index (χ3n) is 3.17. The smallest absolute Gasteiger partial charge is 0.243 e. The highest BCUT2D eigenvalue weighted by Gasteiger charge is 2.34. The number of nitrogens with zero attached hydrogens (tertiary/aromatic N) is 2. The van der Waals surface area contributed by atoms with E-state index in [1.165, 1.54) is 0 Å². The molecule has 5 heteroatoms. The van der Waals surface area contributed by atoms with E-state index < -0.39 is 5.60 Å². The number of aromatic nitrogens is 2. The molecule has 2 N–H and O–H groups in total. The number of rotatable bonds is 7. The second-order valence-corrected chi connectivity index (χ2v) is 4.11. The SMILES string of the molecule is CCOC(CC)(CC)c1noc([C@@H](N)CC)n1. The Kier molecular flexibility index (Phi) is 5.08. The quantitative estimate of drug-likeness (QED) is 0.794. The van der Waals surface area contributed by atoms with Gasteiger partial charge in [-0.15, -0.1) is 0 Å². The van der Waals surface area contributed by atoms with Gasteiger partial charge in [-0.2, -0.15) is 4.98 Å². The Labute approximate surface area is 103 Å². The Morgan fingerprint density at radius 1 is 1.29 bits per heavy atom. The van der Waals surface area contributed by atoms with Crippen molar-refractivity contribution in [2.45, 2.75) is 58.6 Å². The molecule has 0 aliphatic carbocycles. The molecule has 0 spiro atoms. The van der Waals surface area contributed by atoms with Gasteiger partial charge in [0.25, 0.3) is 0 Å². The van der Waals surface area contributed by atoms with E-state index in [-0.39, 0.29) is 6.04 Å². The maximum atomic E-state index is 5.87. The molecule has 1 rings (SSSR count). The van der Waals surface area contributed by atoms with E-state index in [1.54, 1.807) is 0 Å². The first-order valence-electron chi connectivity index (χ1n) is 6.37. The molecule has 0 aliphatic rings. The molecule has 1 heterocycles. The van der Waals surface area contributed by atoms with Crippen LogP contribution in [0, 0.1) is 0 Å². The summed E-state index contributed by atoms with van der Waals surface area (Å²) in [6.07, 6.45) is 2.41. The lowest BCUT2D eigenvalue weighted by atomic mass is 9.96. The Morgan fingerprint density at radius 3 is 2.41 bits per heavy atom. The fourth-order valence-corrected chi connectivity index (χ4v) is 1.86. The number of hydrogen-bond donors (Lipinski definition) is 1. The lowest BCUT2D eigenvalue weighted by Gasteiger charge is -2.27. The molecule has 0 amide bonds. The van der Waals surface area contributed by atoms with Gasteiger partial charge in [-0.1, -0.05) is 25.9 Å². The second kappa shape index (κ2) is 6.12. The van der Waals surface area contributed by atoms with Crippen molar-refractivity contribution in [3.05, 3.63) is 11.7 Å². The van der Waals surface area contributed by atoms with Crippen molar-refractivity contribution < 1.29 is 9.26 Å². The highest BCUT2D eigenvalue weighted by molar-refractivity contribution is 5.02. The molecule has 0 bridgehead atoms. The average molecular weight is 241 g/mol. The van der Waals surface area contributed by atoms with Crippen molar-refractivity contribution in [1.29, 1.82) is 0 Å². The van der Waals surface area contributed by atoms with Gasteiger partial charge >= 0.3 is 0 Å². The number of hydrogen-bond acceptors (Lipinski definition) is 5. The molecule has 1 aromatic heterocycles. The van der Waals surface area contributed by atoms with Crippen molar-refractivity contribution >= 4 is 0 Å². The molecule has 0 radical (unpaired) electrons. The maximum Gasteiger partial charge on any atom is 0.243 e. The number of ether oxygens (including phenoxy) is 1.